The van der Waals surface area contributed by atoms with Gasteiger partial charge in [0.15, 0.2) is 0 Å². The molecule has 3 heteroatoms. The van der Waals surface area contributed by atoms with Gasteiger partial charge in [0.1, 0.15) is 0 Å². The van der Waals surface area contributed by atoms with Crippen molar-refractivity contribution in [3.8, 4) is 0 Å². The van der Waals surface area contributed by atoms with E-state index in [-0.39, 0.29) is 5.91 Å². The van der Waals surface area contributed by atoms with Crippen LogP contribution in [0.4, 0.5) is 0 Å². The lowest BCUT2D eigenvalue weighted by Crippen LogP contribution is -2.25. The molecule has 66 valence electrons. The normalized spacial score (nSPS) is 9.92. The molecule has 0 radical (unpaired) electrons. The van der Waals surface area contributed by atoms with Crippen molar-refractivity contribution in [1.29, 1.82) is 0 Å². The molecular weight excluding hydrogens is 170 g/mol. The van der Waals surface area contributed by atoms with Gasteiger partial charge in [0, 0.05) is 13.6 Å². The van der Waals surface area contributed by atoms with Crippen LogP contribution in [0.25, 0.3) is 0 Å². The molecule has 0 saturated carbocycles. The Balaban J connectivity index is 2.85. The van der Waals surface area contributed by atoms with E-state index < -0.39 is 0 Å². The molecule has 0 aromatic carbocycles. The number of thiophene rings is 1. The third-order valence-electron chi connectivity index (χ3n) is 1.88. The summed E-state index contributed by atoms with van der Waals surface area (Å²) >= 11 is 1.51. The van der Waals surface area contributed by atoms with Crippen molar-refractivity contribution >= 4 is 17.2 Å². The van der Waals surface area contributed by atoms with Gasteiger partial charge >= 0.3 is 0 Å². The maximum atomic E-state index is 11.6. The average Bonchev–Trinajstić information content (AvgIpc) is 2.48. The van der Waals surface area contributed by atoms with Crippen molar-refractivity contribution in [1.82, 2.24) is 4.90 Å². The smallest absolute Gasteiger partial charge is 0.263 e. The summed E-state index contributed by atoms with van der Waals surface area (Å²) in [7, 11) is 1.82. The highest BCUT2D eigenvalue weighted by molar-refractivity contribution is 7.12. The molecule has 0 aliphatic rings. The summed E-state index contributed by atoms with van der Waals surface area (Å²) in [5, 5.41) is 1.95. The monoisotopic (exact) mass is 183 g/mol. The van der Waals surface area contributed by atoms with Gasteiger partial charge in [-0.05, 0) is 30.9 Å². The Hall–Kier alpha value is -0.830. The Bertz CT molecular complexity index is 280. The molecule has 0 bridgehead atoms. The minimum atomic E-state index is 0.130. The summed E-state index contributed by atoms with van der Waals surface area (Å²) < 4.78 is 0. The second-order valence-corrected chi connectivity index (χ2v) is 3.67. The Morgan fingerprint density at radius 1 is 1.67 bits per heavy atom. The molecule has 0 atom stereocenters. The molecule has 0 N–H and O–H groups in total. The first-order valence-corrected chi connectivity index (χ1v) is 4.84. The van der Waals surface area contributed by atoms with Gasteiger partial charge in [-0.3, -0.25) is 4.79 Å². The molecule has 1 heterocycles. The number of nitrogens with zero attached hydrogens (tertiary/aromatic N) is 1. The van der Waals surface area contributed by atoms with Gasteiger partial charge in [0.25, 0.3) is 5.91 Å². The molecule has 1 rings (SSSR count). The van der Waals surface area contributed by atoms with Crippen molar-refractivity contribution in [3.63, 3.8) is 0 Å². The average molecular weight is 183 g/mol. The third-order valence-corrected chi connectivity index (χ3v) is 2.88. The van der Waals surface area contributed by atoms with Crippen molar-refractivity contribution in [3.05, 3.63) is 21.9 Å². The zero-order chi connectivity index (χ0) is 9.14. The first kappa shape index (κ1) is 9.26. The standard InChI is InChI=1S/C9H13NOS/c1-4-10(3)9(11)8-7(2)5-6-12-8/h5-6H,4H2,1-3H3. The first-order valence-electron chi connectivity index (χ1n) is 3.96. The second-order valence-electron chi connectivity index (χ2n) is 2.75. The van der Waals surface area contributed by atoms with E-state index >= 15 is 0 Å². The van der Waals surface area contributed by atoms with Crippen LogP contribution >= 0.6 is 11.3 Å². The van der Waals surface area contributed by atoms with Gasteiger partial charge in [-0.1, -0.05) is 0 Å². The number of carbonyl (C=O) groups excluding carboxylic acids is 1. The Labute approximate surface area is 76.8 Å². The van der Waals surface area contributed by atoms with Crippen LogP contribution < -0.4 is 0 Å². The maximum absolute atomic E-state index is 11.6. The van der Waals surface area contributed by atoms with E-state index in [0.717, 1.165) is 17.0 Å². The van der Waals surface area contributed by atoms with Gasteiger partial charge in [-0.2, -0.15) is 0 Å². The molecule has 1 amide bonds. The topological polar surface area (TPSA) is 20.3 Å². The molecule has 1 aromatic heterocycles. The lowest BCUT2D eigenvalue weighted by molar-refractivity contribution is 0.0806. The zero-order valence-corrected chi connectivity index (χ0v) is 8.44. The van der Waals surface area contributed by atoms with Crippen LogP contribution in [0, 0.1) is 6.92 Å². The van der Waals surface area contributed by atoms with Gasteiger partial charge < -0.3 is 4.90 Å². The van der Waals surface area contributed by atoms with Crippen LogP contribution in [0.2, 0.25) is 0 Å². The number of carbonyl (C=O) groups is 1. The number of hydrogen-bond acceptors (Lipinski definition) is 2. The van der Waals surface area contributed by atoms with Gasteiger partial charge in [-0.25, -0.2) is 0 Å². The predicted molar refractivity (Wildman–Crippen MR) is 51.7 cm³/mol. The van der Waals surface area contributed by atoms with Crippen LogP contribution in [0.15, 0.2) is 11.4 Å². The highest BCUT2D eigenvalue weighted by Crippen LogP contribution is 2.16. The minimum Gasteiger partial charge on any atom is -0.341 e. The molecular formula is C9H13NOS. The highest BCUT2D eigenvalue weighted by Gasteiger charge is 2.13. The molecule has 2 nitrogen and oxygen atoms in total. The lowest BCUT2D eigenvalue weighted by Gasteiger charge is -2.13. The molecule has 1 aromatic rings. The number of aryl methyl sites for hydroxylation is 1. The summed E-state index contributed by atoms with van der Waals surface area (Å²) in [6, 6.07) is 1.97. The third kappa shape index (κ3) is 1.67. The minimum absolute atomic E-state index is 0.130. The fourth-order valence-corrected chi connectivity index (χ4v) is 1.83. The second kappa shape index (κ2) is 3.72. The molecule has 0 saturated heterocycles. The molecule has 0 spiro atoms. The maximum Gasteiger partial charge on any atom is 0.263 e. The molecule has 0 unspecified atom stereocenters. The van der Waals surface area contributed by atoms with E-state index in [0.29, 0.717) is 0 Å². The molecule has 0 aliphatic carbocycles. The number of rotatable bonds is 2. The Kier molecular flexibility index (Phi) is 2.87. The SMILES string of the molecule is CCN(C)C(=O)c1sccc1C. The Morgan fingerprint density at radius 2 is 2.33 bits per heavy atom. The van der Waals surface area contributed by atoms with Gasteiger partial charge in [0.05, 0.1) is 4.88 Å². The van der Waals surface area contributed by atoms with Crippen LogP contribution in [0.5, 0.6) is 0 Å². The van der Waals surface area contributed by atoms with Crippen molar-refractivity contribution in [2.45, 2.75) is 13.8 Å². The van der Waals surface area contributed by atoms with Crippen molar-refractivity contribution < 1.29 is 4.79 Å². The summed E-state index contributed by atoms with van der Waals surface area (Å²) in [5.74, 6) is 0.130. The van der Waals surface area contributed by atoms with Crippen molar-refractivity contribution in [2.24, 2.45) is 0 Å². The van der Waals surface area contributed by atoms with E-state index in [1.165, 1.54) is 11.3 Å². The fourth-order valence-electron chi connectivity index (χ4n) is 0.909. The van der Waals surface area contributed by atoms with E-state index in [1.807, 2.05) is 32.3 Å². The Morgan fingerprint density at radius 3 is 2.75 bits per heavy atom. The zero-order valence-electron chi connectivity index (χ0n) is 7.63. The molecule has 12 heavy (non-hydrogen) atoms. The number of amides is 1. The largest absolute Gasteiger partial charge is 0.341 e. The van der Waals surface area contributed by atoms with E-state index in [9.17, 15) is 4.79 Å². The summed E-state index contributed by atoms with van der Waals surface area (Å²) in [4.78, 5) is 14.2. The summed E-state index contributed by atoms with van der Waals surface area (Å²) in [6.45, 7) is 4.70. The van der Waals surface area contributed by atoms with E-state index in [2.05, 4.69) is 0 Å². The van der Waals surface area contributed by atoms with Crippen LogP contribution in [-0.2, 0) is 0 Å². The lowest BCUT2D eigenvalue weighted by atomic mass is 10.3. The highest BCUT2D eigenvalue weighted by atomic mass is 32.1. The fraction of sp³-hybridized carbons (Fsp3) is 0.444. The summed E-state index contributed by atoms with van der Waals surface area (Å²) in [5.41, 5.74) is 1.07. The van der Waals surface area contributed by atoms with E-state index in [1.54, 1.807) is 4.90 Å². The van der Waals surface area contributed by atoms with Crippen molar-refractivity contribution in [2.75, 3.05) is 13.6 Å². The number of hydrogen-bond donors (Lipinski definition) is 0. The van der Waals surface area contributed by atoms with Crippen LogP contribution in [-0.4, -0.2) is 24.4 Å². The quantitative estimate of drug-likeness (QED) is 0.688. The summed E-state index contributed by atoms with van der Waals surface area (Å²) in [6.07, 6.45) is 0. The van der Waals surface area contributed by atoms with E-state index in [4.69, 9.17) is 0 Å². The molecule has 0 aliphatic heterocycles. The molecule has 0 fully saturated rings. The van der Waals surface area contributed by atoms with Gasteiger partial charge in [0.2, 0.25) is 0 Å². The van der Waals surface area contributed by atoms with Gasteiger partial charge in [-0.15, -0.1) is 11.3 Å². The van der Waals surface area contributed by atoms with Crippen LogP contribution in [0.1, 0.15) is 22.2 Å². The predicted octanol–water partition coefficient (Wildman–Crippen LogP) is 2.15. The van der Waals surface area contributed by atoms with Crippen LogP contribution in [0.3, 0.4) is 0 Å². The first-order chi connectivity index (χ1) is 5.66.